The number of benzene rings is 2. The molecule has 0 bridgehead atoms. The van der Waals surface area contributed by atoms with Crippen molar-refractivity contribution in [1.82, 2.24) is 25.1 Å². The fraction of sp³-hybridized carbons (Fsp3) is 0.296. The molecule has 1 atom stereocenters. The van der Waals surface area contributed by atoms with Crippen molar-refractivity contribution in [3.8, 4) is 11.3 Å². The fourth-order valence-corrected chi connectivity index (χ4v) is 5.52. The molecule has 4 rings (SSSR count). The third kappa shape index (κ3) is 6.80. The summed E-state index contributed by atoms with van der Waals surface area (Å²) in [7, 11) is 0. The van der Waals surface area contributed by atoms with Gasteiger partial charge in [-0.05, 0) is 44.0 Å². The molecule has 38 heavy (non-hydrogen) atoms. The Morgan fingerprint density at radius 3 is 2.58 bits per heavy atom. The summed E-state index contributed by atoms with van der Waals surface area (Å²) in [5.74, 6) is 0.550. The van der Waals surface area contributed by atoms with Crippen LogP contribution in [0.3, 0.4) is 0 Å². The smallest absolute Gasteiger partial charge is 0.251 e. The summed E-state index contributed by atoms with van der Waals surface area (Å²) < 4.78 is 1.95. The molecule has 2 heterocycles. The Bertz CT molecular complexity index is 1420. The highest BCUT2D eigenvalue weighted by Crippen LogP contribution is 2.28. The number of carbonyl (C=O) groups excluding carboxylic acids is 2. The highest BCUT2D eigenvalue weighted by Gasteiger charge is 2.26. The van der Waals surface area contributed by atoms with Crippen LogP contribution in [0.25, 0.3) is 11.3 Å². The molecule has 0 aliphatic rings. The summed E-state index contributed by atoms with van der Waals surface area (Å²) in [6.45, 7) is 8.61. The molecule has 1 unspecified atom stereocenters. The third-order valence-corrected chi connectivity index (χ3v) is 7.77. The van der Waals surface area contributed by atoms with Crippen molar-refractivity contribution in [2.24, 2.45) is 5.92 Å². The minimum absolute atomic E-state index is 0.0825. The van der Waals surface area contributed by atoms with Crippen LogP contribution in [0.4, 0.5) is 5.13 Å². The molecular weight excluding hydrogens is 540 g/mol. The van der Waals surface area contributed by atoms with E-state index >= 15 is 0 Å². The molecule has 0 aliphatic carbocycles. The van der Waals surface area contributed by atoms with Crippen LogP contribution >= 0.6 is 34.7 Å². The maximum atomic E-state index is 12.9. The molecule has 0 spiro atoms. The quantitative estimate of drug-likeness (QED) is 0.219. The lowest BCUT2D eigenvalue weighted by Crippen LogP contribution is -2.33. The van der Waals surface area contributed by atoms with E-state index in [0.29, 0.717) is 33.2 Å². The first-order valence-electron chi connectivity index (χ1n) is 12.2. The Labute approximate surface area is 235 Å². The maximum Gasteiger partial charge on any atom is 0.251 e. The van der Waals surface area contributed by atoms with Crippen LogP contribution in [0.5, 0.6) is 0 Å². The van der Waals surface area contributed by atoms with Gasteiger partial charge in [0.1, 0.15) is 0 Å². The number of halogens is 1. The number of nitrogens with zero attached hydrogens (tertiary/aromatic N) is 4. The van der Waals surface area contributed by atoms with E-state index in [9.17, 15) is 9.59 Å². The molecular formula is C27H29ClN6O2S2. The first-order valence-corrected chi connectivity index (χ1v) is 14.4. The molecule has 0 saturated carbocycles. The van der Waals surface area contributed by atoms with E-state index in [4.69, 9.17) is 11.6 Å². The summed E-state index contributed by atoms with van der Waals surface area (Å²) in [4.78, 5) is 30.1. The van der Waals surface area contributed by atoms with Crippen LogP contribution in [0.2, 0.25) is 5.02 Å². The van der Waals surface area contributed by atoms with E-state index in [0.717, 1.165) is 16.8 Å². The SMILES string of the molecule is CCn1c(SCC(=O)Nc2nc(-c3ccc(Cl)cc3)cs2)nnc1C(NC(=O)c1cccc(C)c1)C(C)C. The summed E-state index contributed by atoms with van der Waals surface area (Å²) in [5.41, 5.74) is 3.33. The van der Waals surface area contributed by atoms with Crippen molar-refractivity contribution in [3.05, 3.63) is 75.9 Å². The van der Waals surface area contributed by atoms with E-state index in [1.807, 2.05) is 68.0 Å². The van der Waals surface area contributed by atoms with E-state index in [2.05, 4.69) is 25.8 Å². The molecule has 0 saturated heterocycles. The van der Waals surface area contributed by atoms with Crippen LogP contribution in [0.1, 0.15) is 48.6 Å². The van der Waals surface area contributed by atoms with Crippen LogP contribution in [-0.2, 0) is 11.3 Å². The number of rotatable bonds is 10. The number of thiazole rings is 1. The van der Waals surface area contributed by atoms with Crippen LogP contribution in [-0.4, -0.2) is 37.3 Å². The van der Waals surface area contributed by atoms with E-state index in [1.54, 1.807) is 18.2 Å². The maximum absolute atomic E-state index is 12.9. The molecule has 0 aliphatic heterocycles. The summed E-state index contributed by atoms with van der Waals surface area (Å²) in [5, 5.41) is 18.4. The average molecular weight is 569 g/mol. The number of hydrogen-bond donors (Lipinski definition) is 2. The van der Waals surface area contributed by atoms with Gasteiger partial charge in [-0.25, -0.2) is 4.98 Å². The summed E-state index contributed by atoms with van der Waals surface area (Å²) in [6, 6.07) is 14.5. The number of aryl methyl sites for hydroxylation is 1. The fourth-order valence-electron chi connectivity index (χ4n) is 3.84. The number of aromatic nitrogens is 4. The molecule has 0 fully saturated rings. The Morgan fingerprint density at radius 1 is 1.13 bits per heavy atom. The lowest BCUT2D eigenvalue weighted by molar-refractivity contribution is -0.113. The monoisotopic (exact) mass is 568 g/mol. The molecule has 2 aromatic heterocycles. The van der Waals surface area contributed by atoms with Gasteiger partial charge >= 0.3 is 0 Å². The van der Waals surface area contributed by atoms with Crippen molar-refractivity contribution >= 4 is 51.6 Å². The first-order chi connectivity index (χ1) is 18.2. The van der Waals surface area contributed by atoms with Crippen molar-refractivity contribution in [3.63, 3.8) is 0 Å². The van der Waals surface area contributed by atoms with Crippen LogP contribution in [0.15, 0.2) is 59.1 Å². The van der Waals surface area contributed by atoms with Crippen LogP contribution in [0, 0.1) is 12.8 Å². The van der Waals surface area contributed by atoms with Crippen LogP contribution < -0.4 is 10.6 Å². The van der Waals surface area contributed by atoms with Gasteiger partial charge in [0.2, 0.25) is 5.91 Å². The largest absolute Gasteiger partial charge is 0.342 e. The zero-order valence-electron chi connectivity index (χ0n) is 21.6. The minimum atomic E-state index is -0.333. The predicted octanol–water partition coefficient (Wildman–Crippen LogP) is 6.24. The predicted molar refractivity (Wildman–Crippen MR) is 154 cm³/mol. The second-order valence-electron chi connectivity index (χ2n) is 9.03. The van der Waals surface area contributed by atoms with Gasteiger partial charge in [0.25, 0.3) is 5.91 Å². The number of anilines is 1. The second-order valence-corrected chi connectivity index (χ2v) is 11.3. The van der Waals surface area contributed by atoms with Gasteiger partial charge in [-0.1, -0.05) is 67.0 Å². The van der Waals surface area contributed by atoms with Gasteiger partial charge in [0.15, 0.2) is 16.1 Å². The molecule has 2 aromatic carbocycles. The van der Waals surface area contributed by atoms with Crippen molar-refractivity contribution < 1.29 is 9.59 Å². The van der Waals surface area contributed by atoms with Gasteiger partial charge in [-0.15, -0.1) is 21.5 Å². The molecule has 0 radical (unpaired) electrons. The van der Waals surface area contributed by atoms with E-state index in [-0.39, 0.29) is 29.5 Å². The first kappa shape index (κ1) is 27.8. The Kier molecular flexibility index (Phi) is 9.19. The number of carbonyl (C=O) groups is 2. The van der Waals surface area contributed by atoms with Gasteiger partial charge in [0, 0.05) is 28.1 Å². The van der Waals surface area contributed by atoms with E-state index in [1.165, 1.54) is 23.1 Å². The number of thioether (sulfide) groups is 1. The van der Waals surface area contributed by atoms with Crippen molar-refractivity contribution in [2.75, 3.05) is 11.1 Å². The Balaban J connectivity index is 1.40. The summed E-state index contributed by atoms with van der Waals surface area (Å²) in [6.07, 6.45) is 0. The van der Waals surface area contributed by atoms with Crippen molar-refractivity contribution in [1.29, 1.82) is 0 Å². The molecule has 8 nitrogen and oxygen atoms in total. The van der Waals surface area contributed by atoms with Gasteiger partial charge in [-0.3, -0.25) is 9.59 Å². The number of nitrogens with one attached hydrogen (secondary N) is 2. The average Bonchev–Trinajstić information content (AvgIpc) is 3.53. The molecule has 2 N–H and O–H groups in total. The number of hydrogen-bond acceptors (Lipinski definition) is 7. The molecule has 11 heteroatoms. The molecule has 4 aromatic rings. The topological polar surface area (TPSA) is 102 Å². The zero-order valence-corrected chi connectivity index (χ0v) is 24.0. The van der Waals surface area contributed by atoms with E-state index < -0.39 is 0 Å². The van der Waals surface area contributed by atoms with Gasteiger partial charge in [-0.2, -0.15) is 0 Å². The third-order valence-electron chi connectivity index (χ3n) is 5.80. The zero-order chi connectivity index (χ0) is 27.2. The highest BCUT2D eigenvalue weighted by atomic mass is 35.5. The lowest BCUT2D eigenvalue weighted by Gasteiger charge is -2.22. The lowest BCUT2D eigenvalue weighted by atomic mass is 10.0. The molecule has 2 amide bonds. The molecule has 198 valence electrons. The van der Waals surface area contributed by atoms with Crippen molar-refractivity contribution in [2.45, 2.75) is 45.4 Å². The minimum Gasteiger partial charge on any atom is -0.342 e. The Morgan fingerprint density at radius 2 is 1.89 bits per heavy atom. The van der Waals surface area contributed by atoms with Gasteiger partial charge in [0.05, 0.1) is 17.5 Å². The normalized spacial score (nSPS) is 11.9. The number of amides is 2. The second kappa shape index (κ2) is 12.6. The van der Waals surface area contributed by atoms with Gasteiger partial charge < -0.3 is 15.2 Å². The summed E-state index contributed by atoms with van der Waals surface area (Å²) >= 11 is 8.62. The standard InChI is InChI=1S/C27H29ClN6O2S2/c1-5-34-24(23(16(2)3)31-25(36)19-8-6-7-17(4)13-19)32-33-27(34)38-15-22(35)30-26-29-21(14-37-26)18-9-11-20(28)12-10-18/h6-14,16,23H,5,15H2,1-4H3,(H,31,36)(H,29,30,35). The highest BCUT2D eigenvalue weighted by molar-refractivity contribution is 7.99. The Hall–Kier alpha value is -3.21.